The van der Waals surface area contributed by atoms with Crippen molar-refractivity contribution in [2.45, 2.75) is 32.6 Å². The quantitative estimate of drug-likeness (QED) is 0.747. The van der Waals surface area contributed by atoms with Crippen LogP contribution in [0.2, 0.25) is 0 Å². The van der Waals surface area contributed by atoms with Gasteiger partial charge in [-0.2, -0.15) is 0 Å². The molecule has 6 heteroatoms. The summed E-state index contributed by atoms with van der Waals surface area (Å²) in [5.74, 6) is -0.576. The van der Waals surface area contributed by atoms with Crippen molar-refractivity contribution in [1.29, 1.82) is 0 Å². The summed E-state index contributed by atoms with van der Waals surface area (Å²) < 4.78 is 18.3. The van der Waals surface area contributed by atoms with E-state index >= 15 is 0 Å². The van der Waals surface area contributed by atoms with Crippen LogP contribution in [0.1, 0.15) is 40.1 Å². The molecular weight excluding hydrogens is 305 g/mol. The molecule has 0 aliphatic heterocycles. The highest BCUT2D eigenvalue weighted by atomic mass is 32.1. The standard InChI is InChI=1S/C16H18FNO3S/c1-2-4-13-15(16(19)20)22-14(18-13)5-3-10-21-12-8-6-11(17)7-9-12/h6-9H,2-5,10H2,1H3,(H,19,20). The van der Waals surface area contributed by atoms with Gasteiger partial charge in [-0.05, 0) is 37.1 Å². The van der Waals surface area contributed by atoms with Crippen LogP contribution in [0, 0.1) is 5.82 Å². The van der Waals surface area contributed by atoms with Crippen LogP contribution in [0.25, 0.3) is 0 Å². The minimum atomic E-state index is -0.908. The van der Waals surface area contributed by atoms with Gasteiger partial charge in [0.1, 0.15) is 16.4 Å². The van der Waals surface area contributed by atoms with Gasteiger partial charge in [-0.25, -0.2) is 14.2 Å². The maximum absolute atomic E-state index is 12.8. The second-order valence-corrected chi connectivity index (χ2v) is 5.93. The molecule has 0 aliphatic rings. The van der Waals surface area contributed by atoms with Crippen molar-refractivity contribution in [1.82, 2.24) is 4.98 Å². The molecule has 0 fully saturated rings. The van der Waals surface area contributed by atoms with E-state index < -0.39 is 5.97 Å². The maximum Gasteiger partial charge on any atom is 0.347 e. The molecule has 0 unspecified atom stereocenters. The van der Waals surface area contributed by atoms with Crippen molar-refractivity contribution < 1.29 is 19.0 Å². The summed E-state index contributed by atoms with van der Waals surface area (Å²) in [6, 6.07) is 5.87. The first-order valence-corrected chi connectivity index (χ1v) is 8.02. The molecule has 0 atom stereocenters. The summed E-state index contributed by atoms with van der Waals surface area (Å²) in [5.41, 5.74) is 0.675. The van der Waals surface area contributed by atoms with Gasteiger partial charge in [0.2, 0.25) is 0 Å². The van der Waals surface area contributed by atoms with Crippen molar-refractivity contribution in [3.05, 3.63) is 45.7 Å². The zero-order chi connectivity index (χ0) is 15.9. The Labute approximate surface area is 132 Å². The van der Waals surface area contributed by atoms with Gasteiger partial charge in [0.15, 0.2) is 0 Å². The Hall–Kier alpha value is -1.95. The van der Waals surface area contributed by atoms with Gasteiger partial charge in [-0.15, -0.1) is 11.3 Å². The third-order valence-electron chi connectivity index (χ3n) is 3.04. The molecular formula is C16H18FNO3S. The van der Waals surface area contributed by atoms with Crippen molar-refractivity contribution in [3.63, 3.8) is 0 Å². The number of nitrogens with zero attached hydrogens (tertiary/aromatic N) is 1. The number of halogens is 1. The Morgan fingerprint density at radius 2 is 2.05 bits per heavy atom. The van der Waals surface area contributed by atoms with Crippen LogP contribution >= 0.6 is 11.3 Å². The number of benzene rings is 1. The van der Waals surface area contributed by atoms with E-state index in [1.807, 2.05) is 6.92 Å². The van der Waals surface area contributed by atoms with E-state index in [1.54, 1.807) is 12.1 Å². The molecule has 0 spiro atoms. The second kappa shape index (κ2) is 7.89. The Morgan fingerprint density at radius 3 is 2.68 bits per heavy atom. The van der Waals surface area contributed by atoms with Crippen molar-refractivity contribution in [2.24, 2.45) is 0 Å². The monoisotopic (exact) mass is 323 g/mol. The van der Waals surface area contributed by atoms with E-state index in [4.69, 9.17) is 9.84 Å². The Morgan fingerprint density at radius 1 is 1.32 bits per heavy atom. The zero-order valence-corrected chi connectivity index (χ0v) is 13.2. The first-order chi connectivity index (χ1) is 10.6. The molecule has 0 saturated heterocycles. The Bertz CT molecular complexity index is 625. The topological polar surface area (TPSA) is 59.4 Å². The molecule has 1 aromatic carbocycles. The lowest BCUT2D eigenvalue weighted by atomic mass is 10.2. The van der Waals surface area contributed by atoms with Gasteiger partial charge in [-0.3, -0.25) is 0 Å². The van der Waals surface area contributed by atoms with Crippen molar-refractivity contribution in [3.8, 4) is 5.75 Å². The number of carboxylic acids is 1. The first-order valence-electron chi connectivity index (χ1n) is 7.20. The number of thiazole rings is 1. The third-order valence-corrected chi connectivity index (χ3v) is 4.19. The zero-order valence-electron chi connectivity index (χ0n) is 12.3. The molecule has 0 radical (unpaired) electrons. The average Bonchev–Trinajstić information content (AvgIpc) is 2.89. The van der Waals surface area contributed by atoms with Gasteiger partial charge in [-0.1, -0.05) is 13.3 Å². The Balaban J connectivity index is 1.85. The molecule has 0 aliphatic carbocycles. The number of hydrogen-bond donors (Lipinski definition) is 1. The number of carbonyl (C=O) groups is 1. The van der Waals surface area contributed by atoms with Crippen LogP contribution in [0.15, 0.2) is 24.3 Å². The van der Waals surface area contributed by atoms with Crippen molar-refractivity contribution >= 4 is 17.3 Å². The lowest BCUT2D eigenvalue weighted by Gasteiger charge is -2.04. The van der Waals surface area contributed by atoms with Crippen LogP contribution in [-0.2, 0) is 12.8 Å². The summed E-state index contributed by atoms with van der Waals surface area (Å²) in [6.45, 7) is 2.48. The molecule has 1 heterocycles. The smallest absolute Gasteiger partial charge is 0.347 e. The average molecular weight is 323 g/mol. The predicted molar refractivity (Wildman–Crippen MR) is 83.3 cm³/mol. The number of hydrogen-bond acceptors (Lipinski definition) is 4. The molecule has 0 amide bonds. The largest absolute Gasteiger partial charge is 0.494 e. The molecule has 0 bridgehead atoms. The first kappa shape index (κ1) is 16.4. The highest BCUT2D eigenvalue weighted by molar-refractivity contribution is 7.13. The summed E-state index contributed by atoms with van der Waals surface area (Å²) in [4.78, 5) is 15.9. The molecule has 1 N–H and O–H groups in total. The van der Waals surface area contributed by atoms with Crippen LogP contribution in [-0.4, -0.2) is 22.7 Å². The minimum absolute atomic E-state index is 0.292. The number of aromatic carboxylic acids is 1. The molecule has 4 nitrogen and oxygen atoms in total. The maximum atomic E-state index is 12.8. The summed E-state index contributed by atoms with van der Waals surface area (Å²) >= 11 is 1.24. The third kappa shape index (κ3) is 4.53. The van der Waals surface area contributed by atoms with E-state index in [0.717, 1.165) is 17.8 Å². The number of aromatic nitrogens is 1. The summed E-state index contributed by atoms with van der Waals surface area (Å²) in [6.07, 6.45) is 2.96. The SMILES string of the molecule is CCCc1nc(CCCOc2ccc(F)cc2)sc1C(=O)O. The van der Waals surface area contributed by atoms with E-state index in [0.29, 0.717) is 35.8 Å². The summed E-state index contributed by atoms with van der Waals surface area (Å²) in [7, 11) is 0. The Kier molecular flexibility index (Phi) is 5.89. The molecule has 2 rings (SSSR count). The van der Waals surface area contributed by atoms with Gasteiger partial charge < -0.3 is 9.84 Å². The molecule has 0 saturated carbocycles. The second-order valence-electron chi connectivity index (χ2n) is 4.84. The van der Waals surface area contributed by atoms with Crippen LogP contribution in [0.3, 0.4) is 0 Å². The lowest BCUT2D eigenvalue weighted by molar-refractivity contribution is 0.0700. The van der Waals surface area contributed by atoms with Crippen molar-refractivity contribution in [2.75, 3.05) is 6.61 Å². The summed E-state index contributed by atoms with van der Waals surface area (Å²) in [5, 5.41) is 9.99. The molecule has 22 heavy (non-hydrogen) atoms. The number of rotatable bonds is 8. The highest BCUT2D eigenvalue weighted by Gasteiger charge is 2.16. The van der Waals surface area contributed by atoms with E-state index in [-0.39, 0.29) is 5.82 Å². The van der Waals surface area contributed by atoms with Gasteiger partial charge in [0.05, 0.1) is 17.3 Å². The predicted octanol–water partition coefficient (Wildman–Crippen LogP) is 3.94. The molecule has 1 aromatic heterocycles. The van der Waals surface area contributed by atoms with Gasteiger partial charge in [0.25, 0.3) is 0 Å². The number of carboxylic acid groups (broad SMARTS) is 1. The van der Waals surface area contributed by atoms with Crippen LogP contribution in [0.4, 0.5) is 4.39 Å². The fraction of sp³-hybridized carbons (Fsp3) is 0.375. The number of aryl methyl sites for hydroxylation is 2. The van der Waals surface area contributed by atoms with Gasteiger partial charge in [0, 0.05) is 6.42 Å². The molecule has 118 valence electrons. The molecule has 2 aromatic rings. The van der Waals surface area contributed by atoms with Gasteiger partial charge >= 0.3 is 5.97 Å². The van der Waals surface area contributed by atoms with E-state index in [9.17, 15) is 9.18 Å². The van der Waals surface area contributed by atoms with E-state index in [2.05, 4.69) is 4.98 Å². The minimum Gasteiger partial charge on any atom is -0.494 e. The normalized spacial score (nSPS) is 10.6. The fourth-order valence-corrected chi connectivity index (χ4v) is 3.02. The van der Waals surface area contributed by atoms with Crippen LogP contribution < -0.4 is 4.74 Å². The fourth-order valence-electron chi connectivity index (χ4n) is 2.03. The van der Waals surface area contributed by atoms with E-state index in [1.165, 1.54) is 23.5 Å². The highest BCUT2D eigenvalue weighted by Crippen LogP contribution is 2.21. The number of ether oxygens (including phenoxy) is 1. The van der Waals surface area contributed by atoms with Crippen LogP contribution in [0.5, 0.6) is 5.75 Å². The lowest BCUT2D eigenvalue weighted by Crippen LogP contribution is -1.99.